The molecular formula is C12H19NO3S. The van der Waals surface area contributed by atoms with Crippen LogP contribution in [0, 0.1) is 6.92 Å². The van der Waals surface area contributed by atoms with E-state index in [1.165, 1.54) is 4.31 Å². The summed E-state index contributed by atoms with van der Waals surface area (Å²) in [5, 5.41) is 8.96. The summed E-state index contributed by atoms with van der Waals surface area (Å²) >= 11 is 0. The van der Waals surface area contributed by atoms with Gasteiger partial charge in [-0.3, -0.25) is 0 Å². The number of aliphatic hydroxyl groups excluding tert-OH is 1. The van der Waals surface area contributed by atoms with Crippen LogP contribution in [0.2, 0.25) is 0 Å². The number of sulfonamides is 1. The summed E-state index contributed by atoms with van der Waals surface area (Å²) in [6.45, 7) is 5.30. The first-order chi connectivity index (χ1) is 7.91. The Morgan fingerprint density at radius 1 is 1.29 bits per heavy atom. The fourth-order valence-corrected chi connectivity index (χ4v) is 3.58. The Kier molecular flexibility index (Phi) is 4.68. The molecule has 0 aliphatic rings. The van der Waals surface area contributed by atoms with Crippen molar-refractivity contribution >= 4 is 10.0 Å². The van der Waals surface area contributed by atoms with Crippen LogP contribution >= 0.6 is 0 Å². The number of aryl methyl sites for hydroxylation is 1. The van der Waals surface area contributed by atoms with Gasteiger partial charge in [-0.15, -0.1) is 0 Å². The lowest BCUT2D eigenvalue weighted by Crippen LogP contribution is -2.39. The molecule has 0 aromatic heterocycles. The third-order valence-electron chi connectivity index (χ3n) is 2.58. The second-order valence-corrected chi connectivity index (χ2v) is 6.06. The predicted octanol–water partition coefficient (Wildman–Crippen LogP) is 1.39. The van der Waals surface area contributed by atoms with Gasteiger partial charge in [0, 0.05) is 12.6 Å². The largest absolute Gasteiger partial charge is 0.395 e. The van der Waals surface area contributed by atoms with Crippen molar-refractivity contribution in [1.29, 1.82) is 0 Å². The van der Waals surface area contributed by atoms with E-state index in [9.17, 15) is 8.42 Å². The fraction of sp³-hybridized carbons (Fsp3) is 0.500. The molecule has 0 amide bonds. The van der Waals surface area contributed by atoms with Gasteiger partial charge in [0.15, 0.2) is 0 Å². The van der Waals surface area contributed by atoms with Crippen molar-refractivity contribution in [3.63, 3.8) is 0 Å². The molecule has 0 unspecified atom stereocenters. The lowest BCUT2D eigenvalue weighted by Gasteiger charge is -2.25. The van der Waals surface area contributed by atoms with Crippen molar-refractivity contribution in [3.8, 4) is 0 Å². The van der Waals surface area contributed by atoms with Crippen LogP contribution in [0.1, 0.15) is 19.4 Å². The quantitative estimate of drug-likeness (QED) is 0.867. The molecule has 0 radical (unpaired) electrons. The predicted molar refractivity (Wildman–Crippen MR) is 67.3 cm³/mol. The van der Waals surface area contributed by atoms with Crippen LogP contribution in [0.4, 0.5) is 0 Å². The van der Waals surface area contributed by atoms with Gasteiger partial charge >= 0.3 is 0 Å². The van der Waals surface area contributed by atoms with Crippen molar-refractivity contribution in [2.75, 3.05) is 13.2 Å². The zero-order valence-electron chi connectivity index (χ0n) is 10.4. The molecule has 1 aromatic rings. The molecule has 0 aliphatic carbocycles. The third kappa shape index (κ3) is 3.06. The highest BCUT2D eigenvalue weighted by Gasteiger charge is 2.27. The fourth-order valence-electron chi connectivity index (χ4n) is 1.73. The molecule has 1 N–H and O–H groups in total. The van der Waals surface area contributed by atoms with Crippen molar-refractivity contribution in [2.24, 2.45) is 0 Å². The number of hydrogen-bond acceptors (Lipinski definition) is 3. The summed E-state index contributed by atoms with van der Waals surface area (Å²) in [7, 11) is -3.52. The summed E-state index contributed by atoms with van der Waals surface area (Å²) in [6, 6.07) is 6.70. The van der Waals surface area contributed by atoms with E-state index in [1.54, 1.807) is 45.0 Å². The van der Waals surface area contributed by atoms with Gasteiger partial charge in [0.25, 0.3) is 0 Å². The van der Waals surface area contributed by atoms with E-state index in [0.717, 1.165) is 5.56 Å². The maximum Gasteiger partial charge on any atom is 0.243 e. The molecule has 0 aliphatic heterocycles. The number of hydrogen-bond donors (Lipinski definition) is 1. The Morgan fingerprint density at radius 3 is 2.35 bits per heavy atom. The van der Waals surface area contributed by atoms with Gasteiger partial charge in [-0.1, -0.05) is 18.2 Å². The van der Waals surface area contributed by atoms with E-state index in [-0.39, 0.29) is 19.2 Å². The Bertz CT molecular complexity index is 468. The van der Waals surface area contributed by atoms with Gasteiger partial charge in [-0.2, -0.15) is 4.31 Å². The second kappa shape index (κ2) is 5.62. The van der Waals surface area contributed by atoms with Gasteiger partial charge in [0.1, 0.15) is 0 Å². The second-order valence-electron chi connectivity index (χ2n) is 4.20. The Morgan fingerprint density at radius 2 is 1.88 bits per heavy atom. The first kappa shape index (κ1) is 14.2. The highest BCUT2D eigenvalue weighted by molar-refractivity contribution is 7.89. The molecule has 0 atom stereocenters. The number of aliphatic hydroxyl groups is 1. The van der Waals surface area contributed by atoms with E-state index < -0.39 is 10.0 Å². The monoisotopic (exact) mass is 257 g/mol. The SMILES string of the molecule is Cc1ccccc1S(=O)(=O)N(CCO)C(C)C. The Balaban J connectivity index is 3.22. The van der Waals surface area contributed by atoms with Crippen LogP contribution in [-0.2, 0) is 10.0 Å². The molecule has 1 aromatic carbocycles. The van der Waals surface area contributed by atoms with Crippen LogP contribution in [0.3, 0.4) is 0 Å². The average Bonchev–Trinajstić information content (AvgIpc) is 2.25. The normalized spacial score (nSPS) is 12.4. The molecule has 0 fully saturated rings. The molecule has 4 nitrogen and oxygen atoms in total. The van der Waals surface area contributed by atoms with Crippen molar-refractivity contribution < 1.29 is 13.5 Å². The third-order valence-corrected chi connectivity index (χ3v) is 4.81. The molecule has 96 valence electrons. The van der Waals surface area contributed by atoms with Gasteiger partial charge < -0.3 is 5.11 Å². The highest BCUT2D eigenvalue weighted by Crippen LogP contribution is 2.20. The Labute approximate surface area is 103 Å². The summed E-state index contributed by atoms with van der Waals surface area (Å²) in [5.74, 6) is 0. The summed E-state index contributed by atoms with van der Waals surface area (Å²) in [6.07, 6.45) is 0. The molecule has 1 rings (SSSR count). The van der Waals surface area contributed by atoms with Crippen LogP contribution in [0.25, 0.3) is 0 Å². The van der Waals surface area contributed by atoms with Crippen LogP contribution < -0.4 is 0 Å². The smallest absolute Gasteiger partial charge is 0.243 e. The molecule has 5 heteroatoms. The molecule has 0 bridgehead atoms. The van der Waals surface area contributed by atoms with Crippen molar-refractivity contribution in [3.05, 3.63) is 29.8 Å². The lowest BCUT2D eigenvalue weighted by molar-refractivity contribution is 0.236. The minimum absolute atomic E-state index is 0.119. The number of rotatable bonds is 5. The molecule has 0 saturated heterocycles. The lowest BCUT2D eigenvalue weighted by atomic mass is 10.2. The van der Waals surface area contributed by atoms with Gasteiger partial charge in [0.05, 0.1) is 11.5 Å². The van der Waals surface area contributed by atoms with Crippen LogP contribution in [0.15, 0.2) is 29.2 Å². The molecule has 0 spiro atoms. The number of nitrogens with zero attached hydrogens (tertiary/aromatic N) is 1. The van der Waals surface area contributed by atoms with Gasteiger partial charge in [-0.05, 0) is 32.4 Å². The zero-order valence-corrected chi connectivity index (χ0v) is 11.2. The summed E-state index contributed by atoms with van der Waals surface area (Å²) in [5.41, 5.74) is 0.719. The van der Waals surface area contributed by atoms with Gasteiger partial charge in [0.2, 0.25) is 10.0 Å². The van der Waals surface area contributed by atoms with Crippen molar-refractivity contribution in [1.82, 2.24) is 4.31 Å². The van der Waals surface area contributed by atoms with Gasteiger partial charge in [-0.25, -0.2) is 8.42 Å². The number of benzene rings is 1. The van der Waals surface area contributed by atoms with E-state index in [2.05, 4.69) is 0 Å². The average molecular weight is 257 g/mol. The van der Waals surface area contributed by atoms with E-state index in [0.29, 0.717) is 4.90 Å². The summed E-state index contributed by atoms with van der Waals surface area (Å²) < 4.78 is 26.1. The van der Waals surface area contributed by atoms with Crippen LogP contribution in [0.5, 0.6) is 0 Å². The minimum Gasteiger partial charge on any atom is -0.395 e. The zero-order chi connectivity index (χ0) is 13.1. The molecular weight excluding hydrogens is 238 g/mol. The molecule has 0 saturated carbocycles. The summed E-state index contributed by atoms with van der Waals surface area (Å²) in [4.78, 5) is 0.308. The van der Waals surface area contributed by atoms with Crippen molar-refractivity contribution in [2.45, 2.75) is 31.7 Å². The van der Waals surface area contributed by atoms with Crippen LogP contribution in [-0.4, -0.2) is 37.0 Å². The molecule has 0 heterocycles. The molecule has 17 heavy (non-hydrogen) atoms. The standard InChI is InChI=1S/C12H19NO3S/c1-10(2)13(8-9-14)17(15,16)12-7-5-4-6-11(12)3/h4-7,10,14H,8-9H2,1-3H3. The maximum atomic E-state index is 12.4. The van der Waals surface area contributed by atoms with E-state index in [4.69, 9.17) is 5.11 Å². The maximum absolute atomic E-state index is 12.4. The first-order valence-corrected chi connectivity index (χ1v) is 7.03. The highest BCUT2D eigenvalue weighted by atomic mass is 32.2. The topological polar surface area (TPSA) is 57.6 Å². The van der Waals surface area contributed by atoms with E-state index in [1.807, 2.05) is 0 Å². The van der Waals surface area contributed by atoms with E-state index >= 15 is 0 Å². The Hall–Kier alpha value is -0.910. The first-order valence-electron chi connectivity index (χ1n) is 5.59. The minimum atomic E-state index is -3.52.